The number of hydrogen-bond donors (Lipinski definition) is 0. The summed E-state index contributed by atoms with van der Waals surface area (Å²) in [5.41, 5.74) is 0. The van der Waals surface area contributed by atoms with Crippen molar-refractivity contribution >= 4 is 5.78 Å². The van der Waals surface area contributed by atoms with E-state index in [0.717, 1.165) is 0 Å². The van der Waals surface area contributed by atoms with Gasteiger partial charge in [0.1, 0.15) is 12.5 Å². The molecule has 0 amide bonds. The molecule has 0 aliphatic carbocycles. The molecule has 1 aliphatic rings. The lowest BCUT2D eigenvalue weighted by atomic mass is 10.0. The standard InChI is InChI=1S/C6H7NO2/c7-3-5-1-2-9-4-6(5)8/h5H,1-2,4H2/t5-/m0/s1. The predicted octanol–water partition coefficient (Wildman–Crippen LogP) is 0.116. The molecule has 0 aromatic carbocycles. The highest BCUT2D eigenvalue weighted by atomic mass is 16.5. The van der Waals surface area contributed by atoms with Crippen molar-refractivity contribution in [2.24, 2.45) is 5.92 Å². The SMILES string of the molecule is N#C[C@@H]1CCOCC1=O. The minimum Gasteiger partial charge on any atom is -0.374 e. The van der Waals surface area contributed by atoms with E-state index in [1.807, 2.05) is 6.07 Å². The van der Waals surface area contributed by atoms with Crippen molar-refractivity contribution in [3.05, 3.63) is 0 Å². The molecule has 0 radical (unpaired) electrons. The number of rotatable bonds is 0. The van der Waals surface area contributed by atoms with Crippen molar-refractivity contribution < 1.29 is 9.53 Å². The number of carbonyl (C=O) groups excluding carboxylic acids is 1. The van der Waals surface area contributed by atoms with E-state index in [-0.39, 0.29) is 12.4 Å². The van der Waals surface area contributed by atoms with Gasteiger partial charge in [0.25, 0.3) is 0 Å². The Morgan fingerprint density at radius 3 is 3.00 bits per heavy atom. The second-order valence-electron chi connectivity index (χ2n) is 1.99. The molecule has 3 nitrogen and oxygen atoms in total. The molecule has 9 heavy (non-hydrogen) atoms. The van der Waals surface area contributed by atoms with Crippen molar-refractivity contribution in [2.75, 3.05) is 13.2 Å². The van der Waals surface area contributed by atoms with Gasteiger partial charge in [-0.3, -0.25) is 4.79 Å². The van der Waals surface area contributed by atoms with Crippen molar-refractivity contribution in [3.8, 4) is 6.07 Å². The van der Waals surface area contributed by atoms with Gasteiger partial charge in [-0.25, -0.2) is 0 Å². The number of nitriles is 1. The fraction of sp³-hybridized carbons (Fsp3) is 0.667. The molecule has 1 atom stereocenters. The summed E-state index contributed by atoms with van der Waals surface area (Å²) in [6.45, 7) is 0.669. The van der Waals surface area contributed by atoms with Crippen LogP contribution in [-0.2, 0) is 9.53 Å². The molecule has 1 saturated heterocycles. The first-order chi connectivity index (χ1) is 4.34. The summed E-state index contributed by atoms with van der Waals surface area (Å²) >= 11 is 0. The highest BCUT2D eigenvalue weighted by Crippen LogP contribution is 2.08. The zero-order valence-electron chi connectivity index (χ0n) is 4.96. The van der Waals surface area contributed by atoms with E-state index in [4.69, 9.17) is 10.00 Å². The van der Waals surface area contributed by atoms with Gasteiger partial charge in [0.15, 0.2) is 5.78 Å². The molecule has 3 heteroatoms. The first kappa shape index (κ1) is 6.24. The Kier molecular flexibility index (Phi) is 1.81. The minimum atomic E-state index is -0.404. The van der Waals surface area contributed by atoms with Crippen molar-refractivity contribution in [1.29, 1.82) is 5.26 Å². The summed E-state index contributed by atoms with van der Waals surface area (Å²) in [4.78, 5) is 10.7. The van der Waals surface area contributed by atoms with Crippen LogP contribution in [0.2, 0.25) is 0 Å². The lowest BCUT2D eigenvalue weighted by molar-refractivity contribution is -0.130. The molecule has 1 fully saturated rings. The maximum atomic E-state index is 10.7. The molecule has 0 aromatic rings. The van der Waals surface area contributed by atoms with Gasteiger partial charge in [-0.1, -0.05) is 0 Å². The smallest absolute Gasteiger partial charge is 0.175 e. The predicted molar refractivity (Wildman–Crippen MR) is 29.5 cm³/mol. The van der Waals surface area contributed by atoms with E-state index < -0.39 is 5.92 Å². The van der Waals surface area contributed by atoms with Crippen LogP contribution < -0.4 is 0 Å². The van der Waals surface area contributed by atoms with E-state index in [2.05, 4.69) is 0 Å². The lowest BCUT2D eigenvalue weighted by Crippen LogP contribution is -2.25. The van der Waals surface area contributed by atoms with Crippen LogP contribution in [0.1, 0.15) is 6.42 Å². The van der Waals surface area contributed by atoms with Gasteiger partial charge in [-0.2, -0.15) is 5.26 Å². The van der Waals surface area contributed by atoms with Gasteiger partial charge < -0.3 is 4.74 Å². The minimum absolute atomic E-state index is 0.0799. The molecule has 0 unspecified atom stereocenters. The Morgan fingerprint density at radius 2 is 2.56 bits per heavy atom. The van der Waals surface area contributed by atoms with E-state index in [9.17, 15) is 4.79 Å². The molecule has 0 aromatic heterocycles. The molecular formula is C6H7NO2. The van der Waals surface area contributed by atoms with Crippen molar-refractivity contribution in [3.63, 3.8) is 0 Å². The fourth-order valence-electron chi connectivity index (χ4n) is 0.772. The van der Waals surface area contributed by atoms with E-state index in [1.54, 1.807) is 0 Å². The molecule has 0 bridgehead atoms. The molecule has 1 rings (SSSR count). The second-order valence-corrected chi connectivity index (χ2v) is 1.99. The van der Waals surface area contributed by atoms with Gasteiger partial charge in [0, 0.05) is 6.61 Å². The van der Waals surface area contributed by atoms with E-state index in [0.29, 0.717) is 13.0 Å². The number of hydrogen-bond acceptors (Lipinski definition) is 3. The topological polar surface area (TPSA) is 50.1 Å². The number of ether oxygens (including phenoxy) is 1. The molecule has 0 saturated carbocycles. The average Bonchev–Trinajstić information content (AvgIpc) is 1.89. The van der Waals surface area contributed by atoms with Crippen LogP contribution in [0.5, 0.6) is 0 Å². The highest BCUT2D eigenvalue weighted by molar-refractivity contribution is 5.84. The summed E-state index contributed by atoms with van der Waals surface area (Å²) in [5, 5.41) is 8.34. The monoisotopic (exact) mass is 125 g/mol. The summed E-state index contributed by atoms with van der Waals surface area (Å²) < 4.78 is 4.81. The van der Waals surface area contributed by atoms with Crippen LogP contribution in [0.3, 0.4) is 0 Å². The first-order valence-corrected chi connectivity index (χ1v) is 2.84. The molecule has 1 heterocycles. The zero-order valence-corrected chi connectivity index (χ0v) is 4.96. The summed E-state index contributed by atoms with van der Waals surface area (Å²) in [6, 6.07) is 1.92. The van der Waals surface area contributed by atoms with Crippen LogP contribution in [0.25, 0.3) is 0 Å². The fourth-order valence-corrected chi connectivity index (χ4v) is 0.772. The Hall–Kier alpha value is -0.880. The first-order valence-electron chi connectivity index (χ1n) is 2.84. The number of carbonyl (C=O) groups is 1. The van der Waals surface area contributed by atoms with Gasteiger partial charge in [0.05, 0.1) is 6.07 Å². The van der Waals surface area contributed by atoms with Crippen LogP contribution >= 0.6 is 0 Å². The van der Waals surface area contributed by atoms with Gasteiger partial charge in [-0.05, 0) is 6.42 Å². The Balaban J connectivity index is 2.51. The van der Waals surface area contributed by atoms with Gasteiger partial charge in [0.2, 0.25) is 0 Å². The summed E-state index contributed by atoms with van der Waals surface area (Å²) in [6.07, 6.45) is 0.565. The van der Waals surface area contributed by atoms with Gasteiger partial charge in [-0.15, -0.1) is 0 Å². The van der Waals surface area contributed by atoms with Crippen LogP contribution in [0.15, 0.2) is 0 Å². The third kappa shape index (κ3) is 1.27. The normalized spacial score (nSPS) is 27.4. The zero-order chi connectivity index (χ0) is 6.69. The van der Waals surface area contributed by atoms with E-state index in [1.165, 1.54) is 0 Å². The highest BCUT2D eigenvalue weighted by Gasteiger charge is 2.21. The Bertz CT molecular complexity index is 159. The number of ketones is 1. The number of nitrogens with zero attached hydrogens (tertiary/aromatic N) is 1. The lowest BCUT2D eigenvalue weighted by Gasteiger charge is -2.13. The van der Waals surface area contributed by atoms with Crippen LogP contribution in [0.4, 0.5) is 0 Å². The maximum absolute atomic E-state index is 10.7. The summed E-state index contributed by atoms with van der Waals surface area (Å²) in [5.74, 6) is -0.484. The van der Waals surface area contributed by atoms with Gasteiger partial charge >= 0.3 is 0 Å². The average molecular weight is 125 g/mol. The molecular weight excluding hydrogens is 118 g/mol. The second kappa shape index (κ2) is 2.60. The molecule has 1 aliphatic heterocycles. The molecule has 48 valence electrons. The Morgan fingerprint density at radius 1 is 1.78 bits per heavy atom. The third-order valence-electron chi connectivity index (χ3n) is 1.34. The van der Waals surface area contributed by atoms with Crippen LogP contribution in [-0.4, -0.2) is 19.0 Å². The Labute approximate surface area is 53.2 Å². The van der Waals surface area contributed by atoms with E-state index >= 15 is 0 Å². The summed E-state index contributed by atoms with van der Waals surface area (Å²) in [7, 11) is 0. The van der Waals surface area contributed by atoms with Crippen LogP contribution in [0, 0.1) is 17.2 Å². The number of Topliss-reactive ketones (excluding diaryl/α,β-unsaturated/α-hetero) is 1. The third-order valence-corrected chi connectivity index (χ3v) is 1.34. The largest absolute Gasteiger partial charge is 0.374 e. The molecule has 0 spiro atoms. The quantitative estimate of drug-likeness (QED) is 0.462. The van der Waals surface area contributed by atoms with Crippen molar-refractivity contribution in [2.45, 2.75) is 6.42 Å². The van der Waals surface area contributed by atoms with Crippen molar-refractivity contribution in [1.82, 2.24) is 0 Å². The maximum Gasteiger partial charge on any atom is 0.175 e. The molecule has 0 N–H and O–H groups in total.